The van der Waals surface area contributed by atoms with Gasteiger partial charge in [0.1, 0.15) is 30.8 Å². The van der Waals surface area contributed by atoms with Crippen LogP contribution in [0.15, 0.2) is 60.7 Å². The Kier molecular flexibility index (Phi) is 18.0. The Hall–Kier alpha value is -6.34. The lowest BCUT2D eigenvalue weighted by atomic mass is 9.88. The van der Waals surface area contributed by atoms with E-state index in [1.54, 1.807) is 51.1 Å². The Bertz CT molecular complexity index is 2370. The highest BCUT2D eigenvalue weighted by Crippen LogP contribution is 2.41. The van der Waals surface area contributed by atoms with Crippen LogP contribution in [0.5, 0.6) is 11.5 Å². The molecule has 1 aliphatic rings. The van der Waals surface area contributed by atoms with E-state index in [-0.39, 0.29) is 82.9 Å². The average molecular weight is 887 g/mol. The Morgan fingerprint density at radius 1 is 0.892 bits per heavy atom. The molecule has 2 amide bonds. The molecule has 4 atom stereocenters. The van der Waals surface area contributed by atoms with E-state index < -0.39 is 41.5 Å². The summed E-state index contributed by atoms with van der Waals surface area (Å²) in [5, 5.41) is 12.1. The molecule has 1 aromatic heterocycles. The minimum absolute atomic E-state index is 0.0306. The first-order valence-electron chi connectivity index (χ1n) is 22.3. The van der Waals surface area contributed by atoms with Gasteiger partial charge in [-0.05, 0) is 80.6 Å². The van der Waals surface area contributed by atoms with Crippen molar-refractivity contribution >= 4 is 29.2 Å². The van der Waals surface area contributed by atoms with Gasteiger partial charge in [0, 0.05) is 74.3 Å². The topological polar surface area (TPSA) is 247 Å². The number of aryl methyl sites for hydroxylation is 3. The van der Waals surface area contributed by atoms with Gasteiger partial charge in [-0.1, -0.05) is 56.7 Å². The van der Waals surface area contributed by atoms with Gasteiger partial charge in [0.25, 0.3) is 0 Å². The quantitative estimate of drug-likeness (QED) is 0.0875. The van der Waals surface area contributed by atoms with Crippen LogP contribution in [0.25, 0.3) is 22.5 Å². The lowest BCUT2D eigenvalue weighted by molar-refractivity contribution is -0.142. The molecular weight excluding hydrogens is 825 g/mol. The van der Waals surface area contributed by atoms with Gasteiger partial charge in [-0.25, -0.2) is 9.97 Å². The van der Waals surface area contributed by atoms with E-state index in [0.29, 0.717) is 56.5 Å². The minimum atomic E-state index is -1.24. The summed E-state index contributed by atoms with van der Waals surface area (Å²) >= 11 is 0. The molecule has 65 heavy (non-hydrogen) atoms. The van der Waals surface area contributed by atoms with Crippen LogP contribution in [0.2, 0.25) is 0 Å². The summed E-state index contributed by atoms with van der Waals surface area (Å²) in [6.07, 6.45) is 1.61. The number of rotatable bonds is 19. The predicted molar refractivity (Wildman–Crippen MR) is 248 cm³/mol. The number of benzene rings is 3. The number of nitrogens with zero attached hydrogens (tertiary/aromatic N) is 4. The summed E-state index contributed by atoms with van der Waals surface area (Å²) in [6, 6.07) is 18.3. The van der Waals surface area contributed by atoms with Crippen LogP contribution in [0, 0.1) is 37.0 Å². The lowest BCUT2D eigenvalue weighted by Crippen LogP contribution is -2.46. The van der Waals surface area contributed by atoms with Gasteiger partial charge in [-0.3, -0.25) is 24.0 Å². The van der Waals surface area contributed by atoms with Crippen molar-refractivity contribution in [3.63, 3.8) is 0 Å². The standard InChI is InChI=1S/C50H62N8O7/c1-6-8-33-10-13-35(14-11-33)48-55-31(3)46(32(4)56-48)42(60)29-37(18-20-52)50(63)58(5)47-36-15-17-45(65-24-22-54)39(28-36)38-26-34(12-16-44(38)64-23-21-53)27-40(41(59)9-7-19-51)57-49(62)30(2)25-43(47)61/h10-17,26,28,30,37,40,47H,6-9,18,20-25,27,29,52-54H2,1-5H3,(H,57,62)/t30-,37-,40+,47+/m1/s1. The monoisotopic (exact) mass is 886 g/mol. The molecule has 0 fully saturated rings. The predicted octanol–water partition coefficient (Wildman–Crippen LogP) is 5.30. The molecule has 4 bridgehead atoms. The van der Waals surface area contributed by atoms with Crippen LogP contribution in [0.3, 0.4) is 0 Å². The Morgan fingerprint density at radius 2 is 1.52 bits per heavy atom. The van der Waals surface area contributed by atoms with Crippen LogP contribution >= 0.6 is 0 Å². The molecule has 0 saturated heterocycles. The number of likely N-dealkylation sites (N-methyl/N-ethyl adjacent to an activating group) is 1. The molecule has 0 aliphatic carbocycles. The van der Waals surface area contributed by atoms with Crippen molar-refractivity contribution in [1.82, 2.24) is 20.2 Å². The number of amides is 2. The van der Waals surface area contributed by atoms with Crippen LogP contribution in [-0.2, 0) is 32.0 Å². The molecule has 0 spiro atoms. The van der Waals surface area contributed by atoms with Crippen LogP contribution < -0.4 is 32.0 Å². The smallest absolute Gasteiger partial charge is 0.226 e. The van der Waals surface area contributed by atoms with Gasteiger partial charge < -0.3 is 36.9 Å². The maximum absolute atomic E-state index is 14.8. The van der Waals surface area contributed by atoms with Gasteiger partial charge in [0.15, 0.2) is 23.2 Å². The van der Waals surface area contributed by atoms with E-state index in [0.717, 1.165) is 18.4 Å². The number of hydrogen-bond acceptors (Lipinski definition) is 13. The highest BCUT2D eigenvalue weighted by atomic mass is 16.5. The zero-order chi connectivity index (χ0) is 47.2. The number of nitrogens with two attached hydrogens (primary N) is 3. The van der Waals surface area contributed by atoms with Crippen LogP contribution in [0.4, 0.5) is 0 Å². The number of nitrogens with one attached hydrogen (secondary N) is 1. The number of nitriles is 1. The van der Waals surface area contributed by atoms with E-state index in [9.17, 15) is 29.2 Å². The molecule has 15 heteroatoms. The molecule has 1 aliphatic heterocycles. The van der Waals surface area contributed by atoms with Gasteiger partial charge in [-0.2, -0.15) is 5.26 Å². The van der Waals surface area contributed by atoms with Crippen molar-refractivity contribution in [3.05, 3.63) is 94.3 Å². The van der Waals surface area contributed by atoms with Gasteiger partial charge >= 0.3 is 0 Å². The van der Waals surface area contributed by atoms with Gasteiger partial charge in [0.2, 0.25) is 11.8 Å². The van der Waals surface area contributed by atoms with E-state index in [1.807, 2.05) is 36.4 Å². The maximum atomic E-state index is 14.8. The zero-order valence-electron chi connectivity index (χ0n) is 38.2. The molecular formula is C50H62N8O7. The second-order valence-electron chi connectivity index (χ2n) is 16.6. The molecule has 7 N–H and O–H groups in total. The van der Waals surface area contributed by atoms with Crippen LogP contribution in [0.1, 0.15) is 96.9 Å². The average Bonchev–Trinajstić information content (AvgIpc) is 3.28. The largest absolute Gasteiger partial charge is 0.492 e. The molecule has 0 saturated carbocycles. The molecule has 0 unspecified atom stereocenters. The first-order chi connectivity index (χ1) is 31.2. The van der Waals surface area contributed by atoms with E-state index in [2.05, 4.69) is 12.2 Å². The van der Waals surface area contributed by atoms with Gasteiger partial charge in [0.05, 0.1) is 29.1 Å². The molecule has 5 rings (SSSR count). The first kappa shape index (κ1) is 49.7. The Labute approximate surface area is 381 Å². The molecule has 4 aromatic rings. The lowest BCUT2D eigenvalue weighted by Gasteiger charge is -2.32. The van der Waals surface area contributed by atoms with Crippen molar-refractivity contribution in [2.45, 2.75) is 91.1 Å². The highest BCUT2D eigenvalue weighted by molar-refractivity contribution is 6.01. The second-order valence-corrected chi connectivity index (χ2v) is 16.6. The number of aromatic nitrogens is 2. The number of carbonyl (C=O) groups is 5. The van der Waals surface area contributed by atoms with Gasteiger partial charge in [-0.15, -0.1) is 0 Å². The normalized spacial score (nSPS) is 16.7. The van der Waals surface area contributed by atoms with E-state index in [4.69, 9.17) is 36.6 Å². The summed E-state index contributed by atoms with van der Waals surface area (Å²) in [4.78, 5) is 81.7. The number of ketones is 3. The van der Waals surface area contributed by atoms with Crippen molar-refractivity contribution in [2.75, 3.05) is 39.9 Å². The summed E-state index contributed by atoms with van der Waals surface area (Å²) in [6.45, 7) is 8.07. The number of fused-ring (bicyclic) bond motifs is 5. The highest BCUT2D eigenvalue weighted by Gasteiger charge is 2.36. The maximum Gasteiger partial charge on any atom is 0.226 e. The SMILES string of the molecule is CCCc1ccc(-c2nc(C)c(C(=O)C[C@@H](CCN)C(=O)N(C)[C@@H]3C(=O)C[C@@H](C)C(=O)N[C@H](C(=O)CCC#N)Cc4ccc(OCCN)c(c4)-c4cc3ccc4OCCN)c(C)n2)cc1. The molecule has 3 aromatic carbocycles. The Balaban J connectivity index is 1.57. The molecule has 344 valence electrons. The second kappa shape index (κ2) is 23.5. The third-order valence-electron chi connectivity index (χ3n) is 11.6. The van der Waals surface area contributed by atoms with Crippen molar-refractivity contribution in [3.8, 4) is 40.1 Å². The Morgan fingerprint density at radius 3 is 2.12 bits per heavy atom. The first-order valence-corrected chi connectivity index (χ1v) is 22.3. The number of hydrogen-bond donors (Lipinski definition) is 4. The fourth-order valence-corrected chi connectivity index (χ4v) is 8.33. The number of Topliss-reactive ketones (excluding diaryl/α,β-unsaturated/α-hetero) is 3. The molecule has 0 radical (unpaired) electrons. The third kappa shape index (κ3) is 12.5. The summed E-state index contributed by atoms with van der Waals surface area (Å²) < 4.78 is 12.3. The number of ether oxygens (including phenoxy) is 2. The fourth-order valence-electron chi connectivity index (χ4n) is 8.33. The van der Waals surface area contributed by atoms with Crippen molar-refractivity contribution in [1.29, 1.82) is 5.26 Å². The molecule has 2 heterocycles. The van der Waals surface area contributed by atoms with Crippen LogP contribution in [-0.4, -0.2) is 90.0 Å². The third-order valence-corrected chi connectivity index (χ3v) is 11.6. The summed E-state index contributed by atoms with van der Waals surface area (Å²) in [5.74, 6) is -2.65. The summed E-state index contributed by atoms with van der Waals surface area (Å²) in [7, 11) is 1.51. The molecule has 15 nitrogen and oxygen atoms in total. The van der Waals surface area contributed by atoms with Crippen molar-refractivity contribution < 1.29 is 33.4 Å². The van der Waals surface area contributed by atoms with Crippen molar-refractivity contribution in [2.24, 2.45) is 29.0 Å². The van der Waals surface area contributed by atoms with E-state index >= 15 is 0 Å². The number of carbonyl (C=O) groups excluding carboxylic acids is 5. The zero-order valence-corrected chi connectivity index (χ0v) is 38.2. The van der Waals surface area contributed by atoms with E-state index in [1.165, 1.54) is 17.5 Å². The summed E-state index contributed by atoms with van der Waals surface area (Å²) in [5.41, 5.74) is 23.3. The minimum Gasteiger partial charge on any atom is -0.492 e. The fraction of sp³-hybridized carbons (Fsp3) is 0.440.